The van der Waals surface area contributed by atoms with Gasteiger partial charge in [0.15, 0.2) is 0 Å². The van der Waals surface area contributed by atoms with Crippen molar-refractivity contribution in [3.8, 4) is 0 Å². The molecule has 0 saturated heterocycles. The Kier molecular flexibility index (Phi) is 7.58. The van der Waals surface area contributed by atoms with Crippen LogP contribution in [0.25, 0.3) is 0 Å². The van der Waals surface area contributed by atoms with E-state index in [1.807, 2.05) is 0 Å². The van der Waals surface area contributed by atoms with Gasteiger partial charge in [-0.1, -0.05) is 6.92 Å². The minimum Gasteiger partial charge on any atom is -0.480 e. The van der Waals surface area contributed by atoms with Crippen LogP contribution < -0.4 is 10.6 Å². The molecule has 2 atom stereocenters. The summed E-state index contributed by atoms with van der Waals surface area (Å²) < 4.78 is 4.80. The molecule has 0 unspecified atom stereocenters. The first kappa shape index (κ1) is 20.1. The first-order valence-electron chi connectivity index (χ1n) is 7.81. The Hall–Kier alpha value is -2.90. The molecule has 0 saturated carbocycles. The number of carboxylic acid groups (broad SMARTS) is 1. The third kappa shape index (κ3) is 6.62. The molecule has 1 aromatic rings. The minimum atomic E-state index is -1.24. The van der Waals surface area contributed by atoms with Crippen molar-refractivity contribution in [3.05, 3.63) is 29.8 Å². The summed E-state index contributed by atoms with van der Waals surface area (Å²) in [7, 11) is 0. The summed E-state index contributed by atoms with van der Waals surface area (Å²) in [5.74, 6) is -3.22. The lowest BCUT2D eigenvalue weighted by atomic mass is 9.98. The lowest BCUT2D eigenvalue weighted by molar-refractivity contribution is -0.146. The van der Waals surface area contributed by atoms with Crippen LogP contribution in [0.1, 0.15) is 37.6 Å². The number of anilines is 1. The fraction of sp³-hybridized carbons (Fsp3) is 0.412. The zero-order valence-electron chi connectivity index (χ0n) is 14.4. The van der Waals surface area contributed by atoms with E-state index >= 15 is 0 Å². The number of ether oxygens (including phenoxy) is 1. The number of aliphatic carboxylic acids is 1. The largest absolute Gasteiger partial charge is 0.480 e. The van der Waals surface area contributed by atoms with Crippen molar-refractivity contribution in [1.29, 1.82) is 0 Å². The van der Waals surface area contributed by atoms with E-state index in [-0.39, 0.29) is 24.5 Å². The van der Waals surface area contributed by atoms with Crippen molar-refractivity contribution < 1.29 is 29.0 Å². The number of nitrogens with one attached hydrogen (secondary N) is 2. The molecule has 0 spiro atoms. The van der Waals surface area contributed by atoms with Crippen molar-refractivity contribution in [1.82, 2.24) is 5.32 Å². The molecule has 0 bridgehead atoms. The topological polar surface area (TPSA) is 122 Å². The lowest BCUT2D eigenvalue weighted by Crippen LogP contribution is -2.45. The van der Waals surface area contributed by atoms with Crippen molar-refractivity contribution >= 4 is 29.4 Å². The fourth-order valence-corrected chi connectivity index (χ4v) is 2.18. The van der Waals surface area contributed by atoms with E-state index in [0.717, 1.165) is 0 Å². The summed E-state index contributed by atoms with van der Waals surface area (Å²) in [6.45, 7) is 4.78. The normalized spacial score (nSPS) is 12.6. The van der Waals surface area contributed by atoms with Crippen LogP contribution in [0.3, 0.4) is 0 Å². The summed E-state index contributed by atoms with van der Waals surface area (Å²) in [6, 6.07) is 4.78. The molecule has 0 heterocycles. The maximum absolute atomic E-state index is 12.2. The van der Waals surface area contributed by atoms with Crippen molar-refractivity contribution in [2.45, 2.75) is 33.2 Å². The Morgan fingerprint density at radius 2 is 1.76 bits per heavy atom. The number of carbonyl (C=O) groups excluding carboxylic acids is 3. The summed E-state index contributed by atoms with van der Waals surface area (Å²) >= 11 is 0. The Labute approximate surface area is 145 Å². The molecular weight excluding hydrogens is 328 g/mol. The van der Waals surface area contributed by atoms with Gasteiger partial charge in [-0.2, -0.15) is 0 Å². The molecule has 0 aliphatic rings. The molecule has 1 aromatic carbocycles. The number of carbonyl (C=O) groups is 4. The van der Waals surface area contributed by atoms with Crippen LogP contribution in [0.4, 0.5) is 5.69 Å². The van der Waals surface area contributed by atoms with Crippen LogP contribution in [0.15, 0.2) is 24.3 Å². The number of esters is 1. The zero-order valence-corrected chi connectivity index (χ0v) is 14.4. The van der Waals surface area contributed by atoms with Crippen LogP contribution in [0.5, 0.6) is 0 Å². The highest BCUT2D eigenvalue weighted by molar-refractivity contribution is 5.97. The van der Waals surface area contributed by atoms with E-state index in [1.54, 1.807) is 13.8 Å². The summed E-state index contributed by atoms with van der Waals surface area (Å²) in [5.41, 5.74) is 0.762. The van der Waals surface area contributed by atoms with Gasteiger partial charge in [0.1, 0.15) is 6.04 Å². The van der Waals surface area contributed by atoms with Gasteiger partial charge in [0.05, 0.1) is 13.0 Å². The molecule has 0 fully saturated rings. The number of hydrogen-bond donors (Lipinski definition) is 3. The highest BCUT2D eigenvalue weighted by Gasteiger charge is 2.29. The Morgan fingerprint density at radius 3 is 2.24 bits per heavy atom. The van der Waals surface area contributed by atoms with Gasteiger partial charge < -0.3 is 20.5 Å². The van der Waals surface area contributed by atoms with E-state index in [2.05, 4.69) is 10.6 Å². The number of hydrogen-bond acceptors (Lipinski definition) is 5. The molecule has 8 heteroatoms. The second kappa shape index (κ2) is 9.41. The number of rotatable bonds is 8. The van der Waals surface area contributed by atoms with E-state index in [0.29, 0.717) is 5.69 Å². The molecule has 0 aliphatic heterocycles. The lowest BCUT2D eigenvalue weighted by Gasteiger charge is -2.20. The fourth-order valence-electron chi connectivity index (χ4n) is 2.18. The Morgan fingerprint density at radius 1 is 1.16 bits per heavy atom. The number of carboxylic acids is 1. The van der Waals surface area contributed by atoms with Crippen LogP contribution in [0.2, 0.25) is 0 Å². The second-order valence-corrected chi connectivity index (χ2v) is 5.53. The summed E-state index contributed by atoms with van der Waals surface area (Å²) in [4.78, 5) is 46.1. The van der Waals surface area contributed by atoms with Gasteiger partial charge in [-0.25, -0.2) is 4.79 Å². The van der Waals surface area contributed by atoms with E-state index < -0.39 is 29.8 Å². The van der Waals surface area contributed by atoms with Crippen molar-refractivity contribution in [3.63, 3.8) is 0 Å². The maximum Gasteiger partial charge on any atom is 0.326 e. The summed E-state index contributed by atoms with van der Waals surface area (Å²) in [5, 5.41) is 14.3. The van der Waals surface area contributed by atoms with Crippen molar-refractivity contribution in [2.24, 2.45) is 5.92 Å². The second-order valence-electron chi connectivity index (χ2n) is 5.53. The third-order valence-corrected chi connectivity index (χ3v) is 3.38. The predicted octanol–water partition coefficient (Wildman–Crippen LogP) is 1.42. The zero-order chi connectivity index (χ0) is 19.0. The molecule has 2 amide bonds. The van der Waals surface area contributed by atoms with Crippen molar-refractivity contribution in [2.75, 3.05) is 11.9 Å². The molecule has 0 radical (unpaired) electrons. The smallest absolute Gasteiger partial charge is 0.326 e. The third-order valence-electron chi connectivity index (χ3n) is 3.38. The molecule has 25 heavy (non-hydrogen) atoms. The first-order valence-corrected chi connectivity index (χ1v) is 7.81. The SMILES string of the molecule is CCOC(=O)C[C@@H](C)[C@H](NC(=O)c1ccc(NC(C)=O)cc1)C(=O)O. The maximum atomic E-state index is 12.2. The molecule has 0 aliphatic carbocycles. The molecule has 136 valence electrons. The van der Waals surface area contributed by atoms with Crippen LogP contribution in [-0.4, -0.2) is 41.5 Å². The molecule has 8 nitrogen and oxygen atoms in total. The van der Waals surface area contributed by atoms with Gasteiger partial charge >= 0.3 is 11.9 Å². The Bertz CT molecular complexity index is 641. The predicted molar refractivity (Wildman–Crippen MR) is 90.0 cm³/mol. The van der Waals surface area contributed by atoms with Gasteiger partial charge in [0.2, 0.25) is 5.91 Å². The molecular formula is C17H22N2O6. The van der Waals surface area contributed by atoms with Gasteiger partial charge in [-0.15, -0.1) is 0 Å². The molecule has 0 aromatic heterocycles. The van der Waals surface area contributed by atoms with Crippen LogP contribution >= 0.6 is 0 Å². The highest BCUT2D eigenvalue weighted by Crippen LogP contribution is 2.13. The molecule has 1 rings (SSSR count). The molecule has 3 N–H and O–H groups in total. The first-order chi connectivity index (χ1) is 11.7. The minimum absolute atomic E-state index is 0.118. The monoisotopic (exact) mass is 350 g/mol. The van der Waals surface area contributed by atoms with Gasteiger partial charge in [0, 0.05) is 18.2 Å². The van der Waals surface area contributed by atoms with E-state index in [1.165, 1.54) is 31.2 Å². The van der Waals surface area contributed by atoms with Crippen LogP contribution in [-0.2, 0) is 19.1 Å². The Balaban J connectivity index is 2.77. The van der Waals surface area contributed by atoms with E-state index in [4.69, 9.17) is 4.74 Å². The van der Waals surface area contributed by atoms with Gasteiger partial charge in [0.25, 0.3) is 5.91 Å². The standard InChI is InChI=1S/C17H22N2O6/c1-4-25-14(21)9-10(2)15(17(23)24)19-16(22)12-5-7-13(8-6-12)18-11(3)20/h5-8,10,15H,4,9H2,1-3H3,(H,18,20)(H,19,22)(H,23,24)/t10-,15+/m1/s1. The number of benzene rings is 1. The van der Waals surface area contributed by atoms with Gasteiger partial charge in [-0.3, -0.25) is 14.4 Å². The average Bonchev–Trinajstić information content (AvgIpc) is 2.52. The average molecular weight is 350 g/mol. The van der Waals surface area contributed by atoms with E-state index in [9.17, 15) is 24.3 Å². The summed E-state index contributed by atoms with van der Waals surface area (Å²) in [6.07, 6.45) is -0.118. The quantitative estimate of drug-likeness (QED) is 0.610. The number of amides is 2. The van der Waals surface area contributed by atoms with Gasteiger partial charge in [-0.05, 0) is 37.1 Å². The van der Waals surface area contributed by atoms with Crippen LogP contribution in [0, 0.1) is 5.92 Å². The highest BCUT2D eigenvalue weighted by atomic mass is 16.5.